The molecule has 12 heteroatoms. The summed E-state index contributed by atoms with van der Waals surface area (Å²) in [6.07, 6.45) is 1.42. The van der Waals surface area contributed by atoms with Gasteiger partial charge in [-0.15, -0.1) is 0 Å². The molecule has 142 valence electrons. The minimum absolute atomic E-state index is 0.210. The van der Waals surface area contributed by atoms with Gasteiger partial charge in [0.25, 0.3) is 0 Å². The van der Waals surface area contributed by atoms with Crippen molar-refractivity contribution in [2.75, 3.05) is 43.1 Å². The van der Waals surface area contributed by atoms with Crippen LogP contribution in [0, 0.1) is 0 Å². The number of carbonyl (C=O) groups excluding carboxylic acids is 1. The summed E-state index contributed by atoms with van der Waals surface area (Å²) >= 11 is 0. The number of fused-ring (bicyclic) bond motifs is 1. The van der Waals surface area contributed by atoms with Crippen LogP contribution in [0.3, 0.4) is 0 Å². The Hall–Kier alpha value is -3.28. The Morgan fingerprint density at radius 2 is 2.11 bits per heavy atom. The number of imidazole rings is 1. The predicted molar refractivity (Wildman–Crippen MR) is 97.4 cm³/mol. The number of amides is 2. The number of aromatic nitrogens is 7. The summed E-state index contributed by atoms with van der Waals surface area (Å²) in [5, 5.41) is 12.0. The van der Waals surface area contributed by atoms with Gasteiger partial charge in [0, 0.05) is 26.7 Å². The minimum Gasteiger partial charge on any atom is -0.378 e. The molecule has 0 unspecified atom stereocenters. The van der Waals surface area contributed by atoms with Crippen molar-refractivity contribution in [2.24, 2.45) is 7.05 Å². The third kappa shape index (κ3) is 3.26. The predicted octanol–water partition coefficient (Wildman–Crippen LogP) is 0.126. The van der Waals surface area contributed by atoms with Crippen LogP contribution in [-0.4, -0.2) is 73.6 Å². The summed E-state index contributed by atoms with van der Waals surface area (Å²) in [4.78, 5) is 31.9. The number of rotatable bonds is 4. The van der Waals surface area contributed by atoms with Crippen molar-refractivity contribution < 1.29 is 9.53 Å². The fourth-order valence-corrected chi connectivity index (χ4v) is 2.93. The molecule has 3 N–H and O–H groups in total. The number of anilines is 2. The Balaban J connectivity index is 1.83. The van der Waals surface area contributed by atoms with Crippen molar-refractivity contribution in [2.45, 2.75) is 6.92 Å². The van der Waals surface area contributed by atoms with Crippen LogP contribution in [0.4, 0.5) is 16.6 Å². The molecule has 1 aliphatic heterocycles. The Morgan fingerprint density at radius 1 is 1.30 bits per heavy atom. The first-order valence-corrected chi connectivity index (χ1v) is 8.65. The highest BCUT2D eigenvalue weighted by molar-refractivity contribution is 5.91. The van der Waals surface area contributed by atoms with E-state index in [0.29, 0.717) is 61.5 Å². The van der Waals surface area contributed by atoms with Crippen LogP contribution in [0.1, 0.15) is 6.92 Å². The maximum Gasteiger partial charge on any atom is 0.321 e. The number of hydrogen-bond acceptors (Lipinski definition) is 8. The van der Waals surface area contributed by atoms with Crippen LogP contribution in [0.15, 0.2) is 6.33 Å². The number of nitrogens with one attached hydrogen (secondary N) is 3. The van der Waals surface area contributed by atoms with Crippen LogP contribution < -0.4 is 15.5 Å². The zero-order valence-electron chi connectivity index (χ0n) is 15.1. The molecule has 0 atom stereocenters. The Bertz CT molecular complexity index is 945. The molecule has 0 aromatic carbocycles. The van der Waals surface area contributed by atoms with Crippen LogP contribution in [0.25, 0.3) is 22.8 Å². The second-order valence-corrected chi connectivity index (χ2v) is 5.96. The number of ether oxygens (including phenoxy) is 1. The minimum atomic E-state index is -0.359. The lowest BCUT2D eigenvalue weighted by molar-refractivity contribution is 0.122. The number of urea groups is 1. The Morgan fingerprint density at radius 3 is 2.81 bits per heavy atom. The highest BCUT2D eigenvalue weighted by Crippen LogP contribution is 2.28. The van der Waals surface area contributed by atoms with Crippen molar-refractivity contribution in [3.63, 3.8) is 0 Å². The fraction of sp³-hybridized carbons (Fsp3) is 0.467. The van der Waals surface area contributed by atoms with Crippen molar-refractivity contribution in [1.29, 1.82) is 0 Å². The average molecular weight is 372 g/mol. The van der Waals surface area contributed by atoms with Gasteiger partial charge in [-0.25, -0.2) is 14.8 Å². The van der Waals surface area contributed by atoms with Crippen molar-refractivity contribution in [3.05, 3.63) is 6.33 Å². The van der Waals surface area contributed by atoms with Gasteiger partial charge >= 0.3 is 6.03 Å². The quantitative estimate of drug-likeness (QED) is 0.587. The highest BCUT2D eigenvalue weighted by atomic mass is 16.5. The molecule has 0 spiro atoms. The number of morpholine rings is 1. The molecule has 3 aromatic rings. The number of nitrogens with zero attached hydrogens (tertiary/aromatic N) is 7. The molecule has 0 aliphatic carbocycles. The lowest BCUT2D eigenvalue weighted by Crippen LogP contribution is -2.37. The third-order valence-corrected chi connectivity index (χ3v) is 4.20. The average Bonchev–Trinajstić information content (AvgIpc) is 3.31. The number of aryl methyl sites for hydroxylation is 1. The van der Waals surface area contributed by atoms with Crippen molar-refractivity contribution in [3.8, 4) is 11.6 Å². The first-order valence-electron chi connectivity index (χ1n) is 8.65. The van der Waals surface area contributed by atoms with E-state index in [1.54, 1.807) is 4.57 Å². The van der Waals surface area contributed by atoms with Gasteiger partial charge in [0.05, 0.1) is 13.2 Å². The first kappa shape index (κ1) is 17.1. The van der Waals surface area contributed by atoms with E-state index >= 15 is 0 Å². The van der Waals surface area contributed by atoms with Crippen LogP contribution >= 0.6 is 0 Å². The van der Waals surface area contributed by atoms with Crippen LogP contribution in [-0.2, 0) is 11.8 Å². The highest BCUT2D eigenvalue weighted by Gasteiger charge is 2.23. The maximum atomic E-state index is 11.9. The van der Waals surface area contributed by atoms with Crippen molar-refractivity contribution >= 4 is 29.0 Å². The van der Waals surface area contributed by atoms with E-state index in [2.05, 4.69) is 45.7 Å². The van der Waals surface area contributed by atoms with E-state index in [1.807, 2.05) is 14.0 Å². The molecule has 0 radical (unpaired) electrons. The molecule has 3 aromatic heterocycles. The van der Waals surface area contributed by atoms with Gasteiger partial charge in [0.1, 0.15) is 6.33 Å². The molecule has 1 saturated heterocycles. The topological polar surface area (TPSA) is 139 Å². The summed E-state index contributed by atoms with van der Waals surface area (Å²) < 4.78 is 7.23. The van der Waals surface area contributed by atoms with Gasteiger partial charge < -0.3 is 19.5 Å². The zero-order chi connectivity index (χ0) is 18.8. The fourth-order valence-electron chi connectivity index (χ4n) is 2.93. The SMILES string of the molecule is CCNC(=O)Nc1nc(N2CCOCC2)c2nc(-c3ncn[nH]3)n(C)c2n1. The van der Waals surface area contributed by atoms with Gasteiger partial charge in [-0.3, -0.25) is 10.4 Å². The van der Waals surface area contributed by atoms with Crippen LogP contribution in [0.5, 0.6) is 0 Å². The van der Waals surface area contributed by atoms with Gasteiger partial charge in [-0.2, -0.15) is 15.1 Å². The van der Waals surface area contributed by atoms with Crippen molar-refractivity contribution in [1.82, 2.24) is 40.0 Å². The molecule has 2 amide bonds. The second kappa shape index (κ2) is 7.15. The lowest BCUT2D eigenvalue weighted by atomic mass is 10.3. The van der Waals surface area contributed by atoms with E-state index in [-0.39, 0.29) is 12.0 Å². The molecule has 4 rings (SSSR count). The smallest absolute Gasteiger partial charge is 0.321 e. The normalized spacial score (nSPS) is 14.5. The lowest BCUT2D eigenvalue weighted by Gasteiger charge is -2.28. The standard InChI is InChI=1S/C15H20N10O2/c1-3-16-15(26)22-14-20-11-9(12(21-14)25-4-6-27-7-5-25)19-13(24(11)2)10-17-8-18-23-10/h8H,3-7H2,1-2H3,(H,17,18,23)(H2,16,20,21,22,26). The van der Waals surface area contributed by atoms with E-state index in [0.717, 1.165) is 0 Å². The van der Waals surface area contributed by atoms with Gasteiger partial charge in [-0.05, 0) is 6.92 Å². The molecule has 0 saturated carbocycles. The van der Waals surface area contributed by atoms with Crippen LogP contribution in [0.2, 0.25) is 0 Å². The van der Waals surface area contributed by atoms with Gasteiger partial charge in [0.15, 0.2) is 28.6 Å². The van der Waals surface area contributed by atoms with Gasteiger partial charge in [0.2, 0.25) is 5.95 Å². The molecule has 12 nitrogen and oxygen atoms in total. The largest absolute Gasteiger partial charge is 0.378 e. The Labute approximate surface area is 154 Å². The molecule has 27 heavy (non-hydrogen) atoms. The molecule has 4 heterocycles. The van der Waals surface area contributed by atoms with E-state index in [1.165, 1.54) is 6.33 Å². The molecular weight excluding hydrogens is 352 g/mol. The third-order valence-electron chi connectivity index (χ3n) is 4.20. The Kier molecular flexibility index (Phi) is 4.54. The monoisotopic (exact) mass is 372 g/mol. The molecule has 1 fully saturated rings. The number of aromatic amines is 1. The summed E-state index contributed by atoms with van der Waals surface area (Å²) in [7, 11) is 1.83. The number of hydrogen-bond donors (Lipinski definition) is 3. The first-order chi connectivity index (χ1) is 13.2. The second-order valence-electron chi connectivity index (χ2n) is 5.96. The summed E-state index contributed by atoms with van der Waals surface area (Å²) in [6.45, 7) is 4.92. The van der Waals surface area contributed by atoms with Gasteiger partial charge in [-0.1, -0.05) is 0 Å². The van der Waals surface area contributed by atoms with E-state index in [9.17, 15) is 4.79 Å². The molecule has 0 bridgehead atoms. The summed E-state index contributed by atoms with van der Waals surface area (Å²) in [5.41, 5.74) is 1.22. The summed E-state index contributed by atoms with van der Waals surface area (Å²) in [5.74, 6) is 1.97. The zero-order valence-corrected chi connectivity index (χ0v) is 15.1. The molecule has 1 aliphatic rings. The van der Waals surface area contributed by atoms with E-state index < -0.39 is 0 Å². The summed E-state index contributed by atoms with van der Waals surface area (Å²) in [6, 6.07) is -0.359. The van der Waals surface area contributed by atoms with E-state index in [4.69, 9.17) is 4.74 Å². The maximum absolute atomic E-state index is 11.9. The number of carbonyl (C=O) groups is 1. The number of H-pyrrole nitrogens is 1. The molecular formula is C15H20N10O2.